The zero-order chi connectivity index (χ0) is 12.3. The number of aryl methyl sites for hydroxylation is 2. The van der Waals surface area contributed by atoms with E-state index in [9.17, 15) is 4.79 Å². The molecule has 0 atom stereocenters. The van der Waals surface area contributed by atoms with E-state index in [0.29, 0.717) is 6.42 Å². The Morgan fingerprint density at radius 2 is 2.18 bits per heavy atom. The molecule has 0 fully saturated rings. The van der Waals surface area contributed by atoms with Crippen molar-refractivity contribution in [2.75, 3.05) is 0 Å². The molecule has 0 aliphatic heterocycles. The minimum absolute atomic E-state index is 0.120. The molecule has 1 heterocycles. The monoisotopic (exact) mass is 230 g/mol. The van der Waals surface area contributed by atoms with Gasteiger partial charge in [-0.2, -0.15) is 5.10 Å². The van der Waals surface area contributed by atoms with Crippen molar-refractivity contribution in [2.45, 2.75) is 19.8 Å². The molecule has 2 N–H and O–H groups in total. The van der Waals surface area contributed by atoms with E-state index < -0.39 is 5.97 Å². The zero-order valence-electron chi connectivity index (χ0n) is 9.60. The quantitative estimate of drug-likeness (QED) is 0.847. The normalized spacial score (nSPS) is 10.4. The molecule has 0 aliphatic rings. The van der Waals surface area contributed by atoms with Crippen LogP contribution in [-0.4, -0.2) is 21.3 Å². The molecule has 0 aliphatic carbocycles. The highest BCUT2D eigenvalue weighted by Gasteiger charge is 2.07. The van der Waals surface area contributed by atoms with Crippen molar-refractivity contribution < 1.29 is 9.90 Å². The summed E-state index contributed by atoms with van der Waals surface area (Å²) in [6, 6.07) is 9.89. The van der Waals surface area contributed by atoms with Gasteiger partial charge in [-0.25, -0.2) is 0 Å². The van der Waals surface area contributed by atoms with Gasteiger partial charge in [-0.05, 0) is 25.0 Å². The van der Waals surface area contributed by atoms with Gasteiger partial charge in [0.05, 0.1) is 12.1 Å². The average molecular weight is 230 g/mol. The second-order valence-corrected chi connectivity index (χ2v) is 3.99. The van der Waals surface area contributed by atoms with Crippen LogP contribution in [0, 0.1) is 6.92 Å². The van der Waals surface area contributed by atoms with Gasteiger partial charge in [0.15, 0.2) is 0 Å². The first-order chi connectivity index (χ1) is 8.16. The van der Waals surface area contributed by atoms with Gasteiger partial charge in [0.1, 0.15) is 0 Å². The second kappa shape index (κ2) is 4.82. The highest BCUT2D eigenvalue weighted by atomic mass is 16.4. The van der Waals surface area contributed by atoms with Gasteiger partial charge in [0, 0.05) is 11.3 Å². The predicted octanol–water partition coefficient (Wildman–Crippen LogP) is 2.40. The number of nitrogens with zero attached hydrogens (tertiary/aromatic N) is 1. The fourth-order valence-corrected chi connectivity index (χ4v) is 1.73. The first-order valence-corrected chi connectivity index (χ1v) is 5.49. The maximum Gasteiger partial charge on any atom is 0.303 e. The molecule has 0 saturated heterocycles. The summed E-state index contributed by atoms with van der Waals surface area (Å²) in [6.45, 7) is 2.03. The van der Waals surface area contributed by atoms with E-state index in [1.165, 1.54) is 0 Å². The van der Waals surface area contributed by atoms with Crippen LogP contribution < -0.4 is 0 Å². The third-order valence-corrected chi connectivity index (χ3v) is 2.66. The lowest BCUT2D eigenvalue weighted by Gasteiger charge is -1.99. The first-order valence-electron chi connectivity index (χ1n) is 5.49. The highest BCUT2D eigenvalue weighted by Crippen LogP contribution is 2.21. The molecule has 17 heavy (non-hydrogen) atoms. The number of H-pyrrole nitrogens is 1. The number of nitrogens with one attached hydrogen (secondary N) is 1. The van der Waals surface area contributed by atoms with Crippen molar-refractivity contribution in [2.24, 2.45) is 0 Å². The van der Waals surface area contributed by atoms with Crippen molar-refractivity contribution in [1.82, 2.24) is 10.2 Å². The minimum Gasteiger partial charge on any atom is -0.481 e. The maximum atomic E-state index is 10.5. The SMILES string of the molecule is Cc1ccccc1-c1cc(CCC(=O)O)[nH]n1. The fraction of sp³-hybridized carbons (Fsp3) is 0.231. The van der Waals surface area contributed by atoms with Gasteiger partial charge in [-0.1, -0.05) is 24.3 Å². The molecule has 1 aromatic heterocycles. The van der Waals surface area contributed by atoms with Gasteiger partial charge in [-0.15, -0.1) is 0 Å². The van der Waals surface area contributed by atoms with Crippen LogP contribution in [0.15, 0.2) is 30.3 Å². The molecule has 0 bridgehead atoms. The summed E-state index contributed by atoms with van der Waals surface area (Å²) >= 11 is 0. The minimum atomic E-state index is -0.794. The number of carboxylic acids is 1. The van der Waals surface area contributed by atoms with E-state index in [4.69, 9.17) is 5.11 Å². The molecule has 88 valence electrons. The Labute approximate surface area is 99.3 Å². The molecule has 0 saturated carbocycles. The average Bonchev–Trinajstić information content (AvgIpc) is 2.75. The van der Waals surface area contributed by atoms with Crippen LogP contribution in [0.2, 0.25) is 0 Å². The number of aromatic nitrogens is 2. The third kappa shape index (κ3) is 2.72. The number of hydrogen-bond donors (Lipinski definition) is 2. The summed E-state index contributed by atoms with van der Waals surface area (Å²) in [7, 11) is 0. The van der Waals surface area contributed by atoms with Gasteiger partial charge >= 0.3 is 5.97 Å². The number of aromatic amines is 1. The zero-order valence-corrected chi connectivity index (χ0v) is 9.60. The highest BCUT2D eigenvalue weighted by molar-refractivity contribution is 5.67. The smallest absolute Gasteiger partial charge is 0.303 e. The van der Waals surface area contributed by atoms with Gasteiger partial charge in [0.2, 0.25) is 0 Å². The first kappa shape index (κ1) is 11.4. The Morgan fingerprint density at radius 3 is 2.88 bits per heavy atom. The Bertz CT molecular complexity index is 532. The molecule has 2 aromatic rings. The van der Waals surface area contributed by atoms with Crippen molar-refractivity contribution in [3.05, 3.63) is 41.6 Å². The molecule has 4 nitrogen and oxygen atoms in total. The van der Waals surface area contributed by atoms with E-state index in [-0.39, 0.29) is 6.42 Å². The number of hydrogen-bond acceptors (Lipinski definition) is 2. The number of rotatable bonds is 4. The van der Waals surface area contributed by atoms with E-state index in [0.717, 1.165) is 22.5 Å². The third-order valence-electron chi connectivity index (χ3n) is 2.66. The Hall–Kier alpha value is -2.10. The number of carboxylic acid groups (broad SMARTS) is 1. The molecule has 0 unspecified atom stereocenters. The van der Waals surface area contributed by atoms with E-state index >= 15 is 0 Å². The van der Waals surface area contributed by atoms with Crippen molar-refractivity contribution in [3.63, 3.8) is 0 Å². The van der Waals surface area contributed by atoms with E-state index in [1.807, 2.05) is 37.3 Å². The Morgan fingerprint density at radius 1 is 1.41 bits per heavy atom. The van der Waals surface area contributed by atoms with Gasteiger partial charge < -0.3 is 5.11 Å². The Kier molecular flexibility index (Phi) is 3.23. The molecular weight excluding hydrogens is 216 g/mol. The molecular formula is C13H14N2O2. The lowest BCUT2D eigenvalue weighted by molar-refractivity contribution is -0.136. The van der Waals surface area contributed by atoms with Crippen molar-refractivity contribution in [3.8, 4) is 11.3 Å². The van der Waals surface area contributed by atoms with Crippen molar-refractivity contribution in [1.29, 1.82) is 0 Å². The molecule has 2 rings (SSSR count). The van der Waals surface area contributed by atoms with Crippen LogP contribution in [0.1, 0.15) is 17.7 Å². The van der Waals surface area contributed by atoms with E-state index in [1.54, 1.807) is 0 Å². The van der Waals surface area contributed by atoms with Crippen LogP contribution in [0.3, 0.4) is 0 Å². The standard InChI is InChI=1S/C13H14N2O2/c1-9-4-2-3-5-11(9)12-8-10(14-15-12)6-7-13(16)17/h2-5,8H,6-7H2,1H3,(H,14,15)(H,16,17). The summed E-state index contributed by atoms with van der Waals surface area (Å²) in [5, 5.41) is 15.7. The summed E-state index contributed by atoms with van der Waals surface area (Å²) < 4.78 is 0. The lowest BCUT2D eigenvalue weighted by atomic mass is 10.1. The summed E-state index contributed by atoms with van der Waals surface area (Å²) in [5.41, 5.74) is 3.95. The number of aliphatic carboxylic acids is 1. The Balaban J connectivity index is 2.18. The lowest BCUT2D eigenvalue weighted by Crippen LogP contribution is -1.97. The molecule has 0 amide bonds. The van der Waals surface area contributed by atoms with Crippen LogP contribution in [0.25, 0.3) is 11.3 Å². The largest absolute Gasteiger partial charge is 0.481 e. The van der Waals surface area contributed by atoms with Crippen LogP contribution in [0.5, 0.6) is 0 Å². The van der Waals surface area contributed by atoms with E-state index in [2.05, 4.69) is 10.2 Å². The maximum absolute atomic E-state index is 10.5. The molecule has 0 spiro atoms. The van der Waals surface area contributed by atoms with Crippen LogP contribution >= 0.6 is 0 Å². The summed E-state index contributed by atoms with van der Waals surface area (Å²) in [5.74, 6) is -0.794. The van der Waals surface area contributed by atoms with Crippen LogP contribution in [-0.2, 0) is 11.2 Å². The predicted molar refractivity (Wildman–Crippen MR) is 64.7 cm³/mol. The second-order valence-electron chi connectivity index (χ2n) is 3.99. The van der Waals surface area contributed by atoms with Crippen LogP contribution in [0.4, 0.5) is 0 Å². The number of benzene rings is 1. The molecule has 1 aromatic carbocycles. The molecule has 4 heteroatoms. The van der Waals surface area contributed by atoms with Gasteiger partial charge in [0.25, 0.3) is 0 Å². The van der Waals surface area contributed by atoms with Crippen molar-refractivity contribution >= 4 is 5.97 Å². The fourth-order valence-electron chi connectivity index (χ4n) is 1.73. The van der Waals surface area contributed by atoms with Gasteiger partial charge in [-0.3, -0.25) is 9.89 Å². The number of carbonyl (C=O) groups is 1. The summed E-state index contributed by atoms with van der Waals surface area (Å²) in [6.07, 6.45) is 0.601. The molecule has 0 radical (unpaired) electrons. The topological polar surface area (TPSA) is 66.0 Å². The summed E-state index contributed by atoms with van der Waals surface area (Å²) in [4.78, 5) is 10.5.